The summed E-state index contributed by atoms with van der Waals surface area (Å²) in [6, 6.07) is 6.86. The van der Waals surface area contributed by atoms with Gasteiger partial charge in [0.2, 0.25) is 0 Å². The summed E-state index contributed by atoms with van der Waals surface area (Å²) < 4.78 is 5.79. The molecular formula is C21H22BrCl2N3O4. The van der Waals surface area contributed by atoms with Crippen molar-refractivity contribution in [3.8, 4) is 11.5 Å². The van der Waals surface area contributed by atoms with Gasteiger partial charge in [-0.3, -0.25) is 9.59 Å². The molecule has 2 amide bonds. The van der Waals surface area contributed by atoms with Gasteiger partial charge < -0.3 is 15.2 Å². The molecule has 0 radical (unpaired) electrons. The number of rotatable bonds is 8. The predicted molar refractivity (Wildman–Crippen MR) is 125 cm³/mol. The highest BCUT2D eigenvalue weighted by Gasteiger charge is 2.25. The zero-order chi connectivity index (χ0) is 23.1. The molecule has 166 valence electrons. The van der Waals surface area contributed by atoms with E-state index in [4.69, 9.17) is 27.9 Å². The summed E-state index contributed by atoms with van der Waals surface area (Å²) in [6.45, 7) is 5.77. The van der Waals surface area contributed by atoms with E-state index in [0.29, 0.717) is 21.7 Å². The second-order valence-electron chi connectivity index (χ2n) is 6.84. The highest BCUT2D eigenvalue weighted by Crippen LogP contribution is 2.35. The monoisotopic (exact) mass is 529 g/mol. The van der Waals surface area contributed by atoms with Crippen molar-refractivity contribution >= 4 is 57.2 Å². The minimum absolute atomic E-state index is 0.0218. The van der Waals surface area contributed by atoms with E-state index in [-0.39, 0.29) is 28.0 Å². The van der Waals surface area contributed by atoms with Gasteiger partial charge in [0.25, 0.3) is 11.8 Å². The molecule has 10 heteroatoms. The van der Waals surface area contributed by atoms with Crippen LogP contribution in [0.5, 0.6) is 11.5 Å². The number of nitrogens with one attached hydrogen (secondary N) is 2. The van der Waals surface area contributed by atoms with Crippen molar-refractivity contribution in [1.29, 1.82) is 0 Å². The van der Waals surface area contributed by atoms with Crippen molar-refractivity contribution in [1.82, 2.24) is 10.7 Å². The van der Waals surface area contributed by atoms with Gasteiger partial charge in [-0.15, -0.1) is 0 Å². The van der Waals surface area contributed by atoms with Crippen molar-refractivity contribution in [2.75, 3.05) is 6.61 Å². The number of amides is 2. The Morgan fingerprint density at radius 1 is 1.26 bits per heavy atom. The van der Waals surface area contributed by atoms with E-state index in [9.17, 15) is 14.7 Å². The molecular weight excluding hydrogens is 509 g/mol. The number of ether oxygens (including phenoxy) is 1. The summed E-state index contributed by atoms with van der Waals surface area (Å²) in [7, 11) is 0. The largest absolute Gasteiger partial charge is 0.503 e. The first kappa shape index (κ1) is 25.0. The maximum atomic E-state index is 12.6. The maximum absolute atomic E-state index is 12.6. The van der Waals surface area contributed by atoms with Gasteiger partial charge in [-0.2, -0.15) is 5.10 Å². The molecule has 2 rings (SSSR count). The molecule has 0 aliphatic carbocycles. The van der Waals surface area contributed by atoms with Gasteiger partial charge in [-0.25, -0.2) is 5.43 Å². The van der Waals surface area contributed by atoms with Crippen LogP contribution in [0.2, 0.25) is 10.0 Å². The average molecular weight is 531 g/mol. The van der Waals surface area contributed by atoms with Crippen LogP contribution in [-0.4, -0.2) is 35.8 Å². The number of hydrogen-bond donors (Lipinski definition) is 3. The van der Waals surface area contributed by atoms with Crippen LogP contribution in [0.3, 0.4) is 0 Å². The van der Waals surface area contributed by atoms with Crippen LogP contribution in [0.15, 0.2) is 39.9 Å². The molecule has 7 nitrogen and oxygen atoms in total. The van der Waals surface area contributed by atoms with Crippen molar-refractivity contribution in [3.63, 3.8) is 0 Å². The standard InChI is InChI=1S/C21H22BrCl2N3O4/c1-4-31-17-8-12(7-15(22)19(17)28)10-25-27-21(30)18(11(2)3)26-20(29)14-6-5-13(23)9-16(14)24/h5-11,18,28H,4H2,1-3H3,(H,26,29)(H,27,30). The number of phenols is 1. The fourth-order valence-electron chi connectivity index (χ4n) is 2.60. The summed E-state index contributed by atoms with van der Waals surface area (Å²) in [5.74, 6) is -0.934. The smallest absolute Gasteiger partial charge is 0.262 e. The molecule has 2 aromatic rings. The Balaban J connectivity index is 2.10. The molecule has 31 heavy (non-hydrogen) atoms. The van der Waals surface area contributed by atoms with Crippen molar-refractivity contribution < 1.29 is 19.4 Å². The number of halogens is 3. The zero-order valence-electron chi connectivity index (χ0n) is 17.1. The van der Waals surface area contributed by atoms with Gasteiger partial charge in [-0.05, 0) is 64.7 Å². The number of hydrazone groups is 1. The van der Waals surface area contributed by atoms with Gasteiger partial charge in [0.15, 0.2) is 11.5 Å². The first-order chi connectivity index (χ1) is 14.6. The molecule has 3 N–H and O–H groups in total. The van der Waals surface area contributed by atoms with Crippen LogP contribution >= 0.6 is 39.1 Å². The highest BCUT2D eigenvalue weighted by molar-refractivity contribution is 9.10. The van der Waals surface area contributed by atoms with Gasteiger partial charge in [0.05, 0.1) is 27.9 Å². The van der Waals surface area contributed by atoms with Gasteiger partial charge >= 0.3 is 0 Å². The van der Waals surface area contributed by atoms with Crippen molar-refractivity contribution in [2.24, 2.45) is 11.0 Å². The number of carbonyl (C=O) groups excluding carboxylic acids is 2. The molecule has 0 aromatic heterocycles. The minimum atomic E-state index is -0.845. The van der Waals surface area contributed by atoms with E-state index < -0.39 is 17.9 Å². The quantitative estimate of drug-likeness (QED) is 0.338. The average Bonchev–Trinajstić information content (AvgIpc) is 2.69. The summed E-state index contributed by atoms with van der Waals surface area (Å²) in [4.78, 5) is 25.2. The Morgan fingerprint density at radius 2 is 1.97 bits per heavy atom. The molecule has 0 heterocycles. The summed E-state index contributed by atoms with van der Waals surface area (Å²) in [5, 5.41) is 17.2. The van der Waals surface area contributed by atoms with Crippen LogP contribution in [-0.2, 0) is 4.79 Å². The maximum Gasteiger partial charge on any atom is 0.262 e. The molecule has 0 spiro atoms. The third kappa shape index (κ3) is 6.85. The lowest BCUT2D eigenvalue weighted by Gasteiger charge is -2.20. The minimum Gasteiger partial charge on any atom is -0.503 e. The lowest BCUT2D eigenvalue weighted by molar-refractivity contribution is -0.123. The Labute approximate surface area is 198 Å². The number of nitrogens with zero attached hydrogens (tertiary/aromatic N) is 1. The van der Waals surface area contributed by atoms with Crippen molar-refractivity contribution in [2.45, 2.75) is 26.8 Å². The number of carbonyl (C=O) groups is 2. The lowest BCUT2D eigenvalue weighted by Crippen LogP contribution is -2.48. The number of hydrogen-bond acceptors (Lipinski definition) is 5. The van der Waals surface area contributed by atoms with E-state index in [1.807, 2.05) is 0 Å². The third-order valence-electron chi connectivity index (χ3n) is 4.15. The van der Waals surface area contributed by atoms with Gasteiger partial charge in [0.1, 0.15) is 6.04 Å². The molecule has 0 fully saturated rings. The highest BCUT2D eigenvalue weighted by atomic mass is 79.9. The van der Waals surface area contributed by atoms with Gasteiger partial charge in [-0.1, -0.05) is 37.0 Å². The SMILES string of the molecule is CCOc1cc(C=NNC(=O)C(NC(=O)c2ccc(Cl)cc2Cl)C(C)C)cc(Br)c1O. The summed E-state index contributed by atoms with van der Waals surface area (Å²) >= 11 is 15.2. The molecule has 1 unspecified atom stereocenters. The Kier molecular flexibility index (Phi) is 9.15. The van der Waals surface area contributed by atoms with Crippen LogP contribution < -0.4 is 15.5 Å². The Morgan fingerprint density at radius 3 is 2.58 bits per heavy atom. The number of phenolic OH excluding ortho intramolecular Hbond substituents is 1. The predicted octanol–water partition coefficient (Wildman–Crippen LogP) is 4.76. The molecule has 2 aromatic carbocycles. The summed E-state index contributed by atoms with van der Waals surface area (Å²) in [5.41, 5.74) is 3.22. The summed E-state index contributed by atoms with van der Waals surface area (Å²) in [6.07, 6.45) is 1.40. The molecule has 0 aliphatic rings. The molecule has 0 saturated carbocycles. The second-order valence-corrected chi connectivity index (χ2v) is 8.53. The van der Waals surface area contributed by atoms with Crippen molar-refractivity contribution in [3.05, 3.63) is 56.0 Å². The van der Waals surface area contributed by atoms with Crippen LogP contribution in [0, 0.1) is 5.92 Å². The fraction of sp³-hybridized carbons (Fsp3) is 0.286. The first-order valence-electron chi connectivity index (χ1n) is 9.38. The Bertz CT molecular complexity index is 999. The molecule has 0 saturated heterocycles. The van der Waals surface area contributed by atoms with E-state index in [1.165, 1.54) is 18.3 Å². The van der Waals surface area contributed by atoms with Crippen LogP contribution in [0.25, 0.3) is 0 Å². The third-order valence-corrected chi connectivity index (χ3v) is 5.30. The molecule has 1 atom stereocenters. The van der Waals surface area contributed by atoms with E-state index in [2.05, 4.69) is 31.8 Å². The normalized spacial score (nSPS) is 12.1. The fourth-order valence-corrected chi connectivity index (χ4v) is 3.56. The Hall–Kier alpha value is -2.29. The van der Waals surface area contributed by atoms with E-state index >= 15 is 0 Å². The van der Waals surface area contributed by atoms with Crippen LogP contribution in [0.1, 0.15) is 36.7 Å². The lowest BCUT2D eigenvalue weighted by atomic mass is 10.0. The zero-order valence-corrected chi connectivity index (χ0v) is 20.2. The first-order valence-corrected chi connectivity index (χ1v) is 10.9. The molecule has 0 aliphatic heterocycles. The number of aromatic hydroxyl groups is 1. The van der Waals surface area contributed by atoms with Gasteiger partial charge in [0, 0.05) is 5.02 Å². The van der Waals surface area contributed by atoms with Crippen LogP contribution in [0.4, 0.5) is 0 Å². The topological polar surface area (TPSA) is 100 Å². The van der Waals surface area contributed by atoms with E-state index in [0.717, 1.165) is 0 Å². The van der Waals surface area contributed by atoms with E-state index in [1.54, 1.807) is 39.0 Å². The molecule has 0 bridgehead atoms. The second kappa shape index (κ2) is 11.4. The number of benzene rings is 2.